The van der Waals surface area contributed by atoms with Crippen molar-refractivity contribution >= 4 is 17.6 Å². The van der Waals surface area contributed by atoms with Crippen LogP contribution in [0.1, 0.15) is 60.4 Å². The number of rotatable bonds is 12. The summed E-state index contributed by atoms with van der Waals surface area (Å²) in [7, 11) is 1.35. The lowest BCUT2D eigenvalue weighted by Gasteiger charge is -2.46. The summed E-state index contributed by atoms with van der Waals surface area (Å²) in [6, 6.07) is 37.4. The number of halogens is 1. The molecule has 7 nitrogen and oxygen atoms in total. The van der Waals surface area contributed by atoms with E-state index in [0.717, 1.165) is 28.7 Å². The third kappa shape index (κ3) is 8.09. The minimum absolute atomic E-state index is 0.0504. The van der Waals surface area contributed by atoms with Crippen LogP contribution < -0.4 is 0 Å². The summed E-state index contributed by atoms with van der Waals surface area (Å²) >= 11 is 6.88. The number of carbonyl (C=O) groups is 1. The SMILES string of the molecule is CC[C@H]1O[C@@H](c2ccc(Cl)c(C(C(=O)OC)c3nccc(-c4ccccc4)n3)c2)[C@H](OCc2ccccc2)[C@@H](OCc2ccccc2)[C@@H]1C. The topological polar surface area (TPSA) is 79.8 Å². The van der Waals surface area contributed by atoms with Gasteiger partial charge < -0.3 is 18.9 Å². The fraction of sp³-hybridized carbons (Fsp3) is 0.293. The van der Waals surface area contributed by atoms with Gasteiger partial charge in [-0.3, -0.25) is 4.79 Å². The van der Waals surface area contributed by atoms with E-state index in [2.05, 4.69) is 31.0 Å². The second-order valence-electron chi connectivity index (χ2n) is 12.3. The maximum Gasteiger partial charge on any atom is 0.321 e. The first kappa shape index (κ1) is 34.5. The van der Waals surface area contributed by atoms with E-state index in [9.17, 15) is 4.79 Å². The molecule has 252 valence electrons. The van der Waals surface area contributed by atoms with Crippen LogP contribution in [0.4, 0.5) is 0 Å². The summed E-state index contributed by atoms with van der Waals surface area (Å²) in [6.45, 7) is 5.10. The first-order chi connectivity index (χ1) is 24.0. The maximum absolute atomic E-state index is 13.5. The van der Waals surface area contributed by atoms with Crippen molar-refractivity contribution in [3.63, 3.8) is 0 Å². The largest absolute Gasteiger partial charge is 0.468 e. The number of hydrogen-bond donors (Lipinski definition) is 0. The molecule has 0 radical (unpaired) electrons. The van der Waals surface area contributed by atoms with Gasteiger partial charge in [0.25, 0.3) is 0 Å². The van der Waals surface area contributed by atoms with Gasteiger partial charge in [0.1, 0.15) is 24.0 Å². The number of hydrogen-bond acceptors (Lipinski definition) is 7. The standard InChI is InChI=1S/C41H41ClN2O5/c1-4-35-27(2)37(47-25-28-14-8-5-9-15-28)39(48-26-29-16-10-6-11-17-29)38(49-35)31-20-21-33(42)32(24-31)36(41(45)46-3)40-43-23-22-34(44-40)30-18-12-7-13-19-30/h5-24,27,35-39H,4,25-26H2,1-3H3/t27-,35-,36?,37+,38+,39-/m1/s1. The quantitative estimate of drug-likeness (QED) is 0.122. The summed E-state index contributed by atoms with van der Waals surface area (Å²) in [5.74, 6) is -1.15. The van der Waals surface area contributed by atoms with Crippen LogP contribution in [0.5, 0.6) is 0 Å². The van der Waals surface area contributed by atoms with Gasteiger partial charge in [-0.2, -0.15) is 0 Å². The Morgan fingerprint density at radius 3 is 2.06 bits per heavy atom. The molecule has 6 rings (SSSR count). The second kappa shape index (κ2) is 16.3. The highest BCUT2D eigenvalue weighted by Gasteiger charge is 2.46. The molecule has 0 N–H and O–H groups in total. The van der Waals surface area contributed by atoms with Crippen LogP contribution in [0, 0.1) is 5.92 Å². The molecule has 0 amide bonds. The first-order valence-corrected chi connectivity index (χ1v) is 17.1. The van der Waals surface area contributed by atoms with Crippen molar-refractivity contribution in [1.29, 1.82) is 0 Å². The van der Waals surface area contributed by atoms with Gasteiger partial charge in [0.15, 0.2) is 0 Å². The fourth-order valence-corrected chi connectivity index (χ4v) is 6.73. The van der Waals surface area contributed by atoms with Crippen LogP contribution in [0.15, 0.2) is 121 Å². The summed E-state index contributed by atoms with van der Waals surface area (Å²) in [4.78, 5) is 22.8. The highest BCUT2D eigenvalue weighted by Crippen LogP contribution is 2.42. The third-order valence-corrected chi connectivity index (χ3v) is 9.46. The predicted octanol–water partition coefficient (Wildman–Crippen LogP) is 8.76. The van der Waals surface area contributed by atoms with Crippen LogP contribution >= 0.6 is 11.6 Å². The predicted molar refractivity (Wildman–Crippen MR) is 190 cm³/mol. The van der Waals surface area contributed by atoms with E-state index in [4.69, 9.17) is 35.5 Å². The third-order valence-electron chi connectivity index (χ3n) is 9.12. The molecule has 8 heteroatoms. The fourth-order valence-electron chi connectivity index (χ4n) is 6.50. The molecule has 0 bridgehead atoms. The molecule has 0 aliphatic carbocycles. The maximum atomic E-state index is 13.5. The summed E-state index contributed by atoms with van der Waals surface area (Å²) < 4.78 is 25.6. The smallest absolute Gasteiger partial charge is 0.321 e. The molecular weight excluding hydrogens is 636 g/mol. The molecular formula is C41H41ClN2O5. The number of carbonyl (C=O) groups excluding carboxylic acids is 1. The van der Waals surface area contributed by atoms with E-state index in [1.54, 1.807) is 12.3 Å². The van der Waals surface area contributed by atoms with Crippen molar-refractivity contribution in [1.82, 2.24) is 9.97 Å². The second-order valence-corrected chi connectivity index (χ2v) is 12.7. The van der Waals surface area contributed by atoms with Gasteiger partial charge in [-0.15, -0.1) is 0 Å². The summed E-state index contributed by atoms with van der Waals surface area (Å²) in [5, 5.41) is 0.391. The minimum Gasteiger partial charge on any atom is -0.468 e. The Labute approximate surface area is 293 Å². The number of benzene rings is 4. The zero-order valence-electron chi connectivity index (χ0n) is 27.9. The van der Waals surface area contributed by atoms with E-state index < -0.39 is 24.1 Å². The van der Waals surface area contributed by atoms with E-state index in [1.165, 1.54) is 7.11 Å². The Morgan fingerprint density at radius 1 is 0.837 bits per heavy atom. The highest BCUT2D eigenvalue weighted by atomic mass is 35.5. The van der Waals surface area contributed by atoms with Gasteiger partial charge >= 0.3 is 5.97 Å². The molecule has 1 unspecified atom stereocenters. The number of aromatic nitrogens is 2. The zero-order chi connectivity index (χ0) is 34.2. The van der Waals surface area contributed by atoms with Crippen molar-refractivity contribution in [3.05, 3.63) is 155 Å². The van der Waals surface area contributed by atoms with Gasteiger partial charge in [-0.1, -0.05) is 129 Å². The molecule has 1 aromatic heterocycles. The van der Waals surface area contributed by atoms with Gasteiger partial charge in [-0.05, 0) is 40.8 Å². The molecule has 6 atom stereocenters. The van der Waals surface area contributed by atoms with Gasteiger partial charge in [0.05, 0.1) is 38.2 Å². The first-order valence-electron chi connectivity index (χ1n) is 16.7. The molecule has 0 saturated carbocycles. The molecule has 2 heterocycles. The van der Waals surface area contributed by atoms with E-state index in [0.29, 0.717) is 29.5 Å². The molecule has 49 heavy (non-hydrogen) atoms. The lowest BCUT2D eigenvalue weighted by atomic mass is 9.83. The molecule has 5 aromatic rings. The van der Waals surface area contributed by atoms with Crippen LogP contribution in [0.2, 0.25) is 5.02 Å². The van der Waals surface area contributed by atoms with Crippen LogP contribution in [0.3, 0.4) is 0 Å². The minimum atomic E-state index is -0.973. The Balaban J connectivity index is 1.39. The molecule has 1 saturated heterocycles. The molecule has 1 aliphatic heterocycles. The molecule has 1 aliphatic rings. The number of esters is 1. The van der Waals surface area contributed by atoms with E-state index in [-0.39, 0.29) is 24.0 Å². The lowest BCUT2D eigenvalue weighted by Crippen LogP contribution is -2.51. The Bertz CT molecular complexity index is 1810. The van der Waals surface area contributed by atoms with Crippen molar-refractivity contribution in [2.75, 3.05) is 7.11 Å². The highest BCUT2D eigenvalue weighted by molar-refractivity contribution is 6.31. The number of methoxy groups -OCH3 is 1. The molecule has 0 spiro atoms. The summed E-state index contributed by atoms with van der Waals surface area (Å²) in [5.41, 5.74) is 5.06. The Morgan fingerprint density at radius 2 is 1.45 bits per heavy atom. The van der Waals surface area contributed by atoms with Gasteiger partial charge in [0.2, 0.25) is 0 Å². The monoisotopic (exact) mass is 676 g/mol. The zero-order valence-corrected chi connectivity index (χ0v) is 28.7. The van der Waals surface area contributed by atoms with Crippen molar-refractivity contribution < 1.29 is 23.7 Å². The van der Waals surface area contributed by atoms with Gasteiger partial charge in [-0.25, -0.2) is 9.97 Å². The normalized spacial score (nSPS) is 21.2. The Kier molecular flexibility index (Phi) is 11.5. The van der Waals surface area contributed by atoms with E-state index in [1.807, 2.05) is 97.1 Å². The van der Waals surface area contributed by atoms with Crippen molar-refractivity contribution in [2.45, 2.75) is 63.8 Å². The van der Waals surface area contributed by atoms with Gasteiger partial charge in [0, 0.05) is 22.7 Å². The van der Waals surface area contributed by atoms with Crippen LogP contribution in [0.25, 0.3) is 11.3 Å². The summed E-state index contributed by atoms with van der Waals surface area (Å²) in [6.07, 6.45) is 1.08. The Hall–Kier alpha value is -4.40. The van der Waals surface area contributed by atoms with Crippen LogP contribution in [-0.4, -0.2) is 41.4 Å². The lowest BCUT2D eigenvalue weighted by molar-refractivity contribution is -0.234. The average Bonchev–Trinajstić information content (AvgIpc) is 3.15. The number of ether oxygens (including phenoxy) is 4. The average molecular weight is 677 g/mol. The van der Waals surface area contributed by atoms with Crippen molar-refractivity contribution in [3.8, 4) is 11.3 Å². The van der Waals surface area contributed by atoms with Crippen LogP contribution in [-0.2, 0) is 37.0 Å². The molecule has 1 fully saturated rings. The number of nitrogens with zero attached hydrogens (tertiary/aromatic N) is 2. The molecule has 4 aromatic carbocycles. The van der Waals surface area contributed by atoms with Crippen molar-refractivity contribution in [2.24, 2.45) is 5.92 Å². The van der Waals surface area contributed by atoms with E-state index >= 15 is 0 Å².